The maximum absolute atomic E-state index is 12.0. The SMILES string of the molecule is CC[C@@H](C)C[C@@](N)(CO)CCF. The molecule has 0 rings (SSSR count). The van der Waals surface area contributed by atoms with Gasteiger partial charge in [-0.25, -0.2) is 0 Å². The van der Waals surface area contributed by atoms with Crippen LogP contribution in [0, 0.1) is 5.92 Å². The molecule has 0 aromatic heterocycles. The van der Waals surface area contributed by atoms with Crippen molar-refractivity contribution < 1.29 is 9.50 Å². The molecule has 74 valence electrons. The van der Waals surface area contributed by atoms with Crippen molar-refractivity contribution >= 4 is 0 Å². The lowest BCUT2D eigenvalue weighted by atomic mass is 9.86. The molecule has 0 heterocycles. The summed E-state index contributed by atoms with van der Waals surface area (Å²) in [7, 11) is 0. The monoisotopic (exact) mass is 177 g/mol. The minimum Gasteiger partial charge on any atom is -0.394 e. The number of hydrogen-bond acceptors (Lipinski definition) is 2. The molecule has 2 atom stereocenters. The minimum absolute atomic E-state index is 0.124. The molecular formula is C9H20FNO. The summed E-state index contributed by atoms with van der Waals surface area (Å²) in [4.78, 5) is 0. The van der Waals surface area contributed by atoms with Gasteiger partial charge in [0.05, 0.1) is 13.3 Å². The molecule has 3 heteroatoms. The van der Waals surface area contributed by atoms with Gasteiger partial charge in [0.1, 0.15) is 0 Å². The highest BCUT2D eigenvalue weighted by Gasteiger charge is 2.25. The zero-order valence-electron chi connectivity index (χ0n) is 8.02. The fraction of sp³-hybridized carbons (Fsp3) is 1.00. The van der Waals surface area contributed by atoms with E-state index in [-0.39, 0.29) is 13.0 Å². The van der Waals surface area contributed by atoms with Crippen molar-refractivity contribution in [1.29, 1.82) is 0 Å². The van der Waals surface area contributed by atoms with Gasteiger partial charge in [-0.3, -0.25) is 4.39 Å². The smallest absolute Gasteiger partial charge is 0.0912 e. The Hall–Kier alpha value is -0.150. The Morgan fingerprint density at radius 3 is 2.50 bits per heavy atom. The van der Waals surface area contributed by atoms with Gasteiger partial charge in [0.2, 0.25) is 0 Å². The first-order chi connectivity index (χ1) is 5.58. The van der Waals surface area contributed by atoms with Crippen molar-refractivity contribution in [1.82, 2.24) is 0 Å². The maximum atomic E-state index is 12.0. The largest absolute Gasteiger partial charge is 0.394 e. The van der Waals surface area contributed by atoms with E-state index in [1.54, 1.807) is 0 Å². The Kier molecular flexibility index (Phi) is 5.42. The summed E-state index contributed by atoms with van der Waals surface area (Å²) in [5, 5.41) is 8.97. The average Bonchev–Trinajstić information content (AvgIpc) is 2.05. The standard InChI is InChI=1S/C9H20FNO/c1-3-8(2)6-9(11,7-12)4-5-10/h8,12H,3-7,11H2,1-2H3/t8-,9-/m1/s1. The summed E-state index contributed by atoms with van der Waals surface area (Å²) < 4.78 is 12.0. The summed E-state index contributed by atoms with van der Waals surface area (Å²) >= 11 is 0. The summed E-state index contributed by atoms with van der Waals surface area (Å²) in [6.45, 7) is 3.56. The van der Waals surface area contributed by atoms with E-state index >= 15 is 0 Å². The molecule has 12 heavy (non-hydrogen) atoms. The van der Waals surface area contributed by atoms with Crippen LogP contribution >= 0.6 is 0 Å². The maximum Gasteiger partial charge on any atom is 0.0912 e. The minimum atomic E-state index is -0.704. The molecule has 2 nitrogen and oxygen atoms in total. The molecule has 0 unspecified atom stereocenters. The zero-order chi connectivity index (χ0) is 9.61. The van der Waals surface area contributed by atoms with E-state index in [4.69, 9.17) is 10.8 Å². The van der Waals surface area contributed by atoms with Crippen molar-refractivity contribution in [2.75, 3.05) is 13.3 Å². The van der Waals surface area contributed by atoms with E-state index < -0.39 is 12.2 Å². The number of aliphatic hydroxyl groups excluding tert-OH is 1. The summed E-state index contributed by atoms with van der Waals surface area (Å²) in [6.07, 6.45) is 1.98. The van der Waals surface area contributed by atoms with E-state index in [9.17, 15) is 4.39 Å². The number of rotatable bonds is 6. The van der Waals surface area contributed by atoms with Crippen LogP contribution in [0.4, 0.5) is 4.39 Å². The molecule has 0 aromatic carbocycles. The fourth-order valence-electron chi connectivity index (χ4n) is 1.27. The van der Waals surface area contributed by atoms with E-state index in [2.05, 4.69) is 13.8 Å². The van der Waals surface area contributed by atoms with Gasteiger partial charge in [0, 0.05) is 5.54 Å². The van der Waals surface area contributed by atoms with Crippen LogP contribution in [0.3, 0.4) is 0 Å². The molecule has 0 bridgehead atoms. The average molecular weight is 177 g/mol. The third kappa shape index (κ3) is 4.02. The van der Waals surface area contributed by atoms with Gasteiger partial charge in [0.25, 0.3) is 0 Å². The van der Waals surface area contributed by atoms with Crippen LogP contribution in [0.15, 0.2) is 0 Å². The molecule has 0 aromatic rings. The van der Waals surface area contributed by atoms with Gasteiger partial charge < -0.3 is 10.8 Å². The molecule has 0 amide bonds. The molecule has 0 aliphatic heterocycles. The first kappa shape index (κ1) is 11.8. The van der Waals surface area contributed by atoms with Crippen molar-refractivity contribution in [3.63, 3.8) is 0 Å². The molecule has 0 saturated carbocycles. The second-order valence-electron chi connectivity index (χ2n) is 3.68. The van der Waals surface area contributed by atoms with Crippen LogP contribution in [-0.2, 0) is 0 Å². The number of alkyl halides is 1. The summed E-state index contributed by atoms with van der Waals surface area (Å²) in [6, 6.07) is 0. The van der Waals surface area contributed by atoms with Crippen molar-refractivity contribution in [2.24, 2.45) is 11.7 Å². The lowest BCUT2D eigenvalue weighted by molar-refractivity contribution is 0.152. The predicted octanol–water partition coefficient (Wildman–Crippen LogP) is 1.47. The second-order valence-corrected chi connectivity index (χ2v) is 3.68. The highest BCUT2D eigenvalue weighted by Crippen LogP contribution is 2.19. The molecule has 0 aliphatic carbocycles. The number of aliphatic hydroxyl groups is 1. The Morgan fingerprint density at radius 1 is 1.58 bits per heavy atom. The number of halogens is 1. The van der Waals surface area contributed by atoms with Crippen LogP contribution in [-0.4, -0.2) is 23.9 Å². The van der Waals surface area contributed by atoms with Gasteiger partial charge in [-0.15, -0.1) is 0 Å². The van der Waals surface area contributed by atoms with Crippen LogP contribution in [0.25, 0.3) is 0 Å². The van der Waals surface area contributed by atoms with Crippen molar-refractivity contribution in [3.8, 4) is 0 Å². The van der Waals surface area contributed by atoms with Crippen LogP contribution < -0.4 is 5.73 Å². The lowest BCUT2D eigenvalue weighted by Crippen LogP contribution is -2.45. The first-order valence-electron chi connectivity index (χ1n) is 4.53. The fourth-order valence-corrected chi connectivity index (χ4v) is 1.27. The molecule has 0 saturated heterocycles. The lowest BCUT2D eigenvalue weighted by Gasteiger charge is -2.28. The van der Waals surface area contributed by atoms with Gasteiger partial charge in [-0.05, 0) is 18.8 Å². The van der Waals surface area contributed by atoms with E-state index in [1.165, 1.54) is 0 Å². The quantitative estimate of drug-likeness (QED) is 0.645. The van der Waals surface area contributed by atoms with Crippen LogP contribution in [0.1, 0.15) is 33.1 Å². The molecule has 0 fully saturated rings. The number of hydrogen-bond donors (Lipinski definition) is 2. The normalized spacial score (nSPS) is 18.8. The third-order valence-corrected chi connectivity index (χ3v) is 2.36. The molecule has 0 radical (unpaired) electrons. The Labute approximate surface area is 74.0 Å². The summed E-state index contributed by atoms with van der Waals surface area (Å²) in [5.41, 5.74) is 5.09. The zero-order valence-corrected chi connectivity index (χ0v) is 8.02. The molecule has 0 spiro atoms. The van der Waals surface area contributed by atoms with Gasteiger partial charge in [0.15, 0.2) is 0 Å². The van der Waals surface area contributed by atoms with Crippen LogP contribution in [0.2, 0.25) is 0 Å². The topological polar surface area (TPSA) is 46.2 Å². The second kappa shape index (κ2) is 5.49. The third-order valence-electron chi connectivity index (χ3n) is 2.36. The Balaban J connectivity index is 3.94. The van der Waals surface area contributed by atoms with E-state index in [0.29, 0.717) is 12.3 Å². The Bertz CT molecular complexity index is 121. The first-order valence-corrected chi connectivity index (χ1v) is 4.53. The highest BCUT2D eigenvalue weighted by molar-refractivity contribution is 4.84. The highest BCUT2D eigenvalue weighted by atomic mass is 19.1. The predicted molar refractivity (Wildman–Crippen MR) is 48.7 cm³/mol. The van der Waals surface area contributed by atoms with Gasteiger partial charge in [-0.1, -0.05) is 20.3 Å². The van der Waals surface area contributed by atoms with Crippen molar-refractivity contribution in [3.05, 3.63) is 0 Å². The Morgan fingerprint density at radius 2 is 2.17 bits per heavy atom. The number of nitrogens with two attached hydrogens (primary N) is 1. The van der Waals surface area contributed by atoms with Gasteiger partial charge >= 0.3 is 0 Å². The summed E-state index contributed by atoms with van der Waals surface area (Å²) in [5.74, 6) is 0.452. The molecule has 3 N–H and O–H groups in total. The molecular weight excluding hydrogens is 157 g/mol. The van der Waals surface area contributed by atoms with Crippen molar-refractivity contribution in [2.45, 2.75) is 38.6 Å². The van der Waals surface area contributed by atoms with E-state index in [1.807, 2.05) is 0 Å². The van der Waals surface area contributed by atoms with Crippen LogP contribution in [0.5, 0.6) is 0 Å². The molecule has 0 aliphatic rings. The van der Waals surface area contributed by atoms with E-state index in [0.717, 1.165) is 6.42 Å². The van der Waals surface area contributed by atoms with Gasteiger partial charge in [-0.2, -0.15) is 0 Å².